The van der Waals surface area contributed by atoms with E-state index in [1.807, 2.05) is 0 Å². The number of phenols is 4. The molecule has 0 radical (unpaired) electrons. The first-order valence-electron chi connectivity index (χ1n) is 8.38. The lowest BCUT2D eigenvalue weighted by atomic mass is 10.1. The molecule has 28 heavy (non-hydrogen) atoms. The van der Waals surface area contributed by atoms with Crippen LogP contribution in [0.1, 0.15) is 0 Å². The number of ether oxygens (including phenoxy) is 2. The molecule has 1 heterocycles. The Morgan fingerprint density at radius 2 is 1.71 bits per heavy atom. The Kier molecular flexibility index (Phi) is 5.57. The van der Waals surface area contributed by atoms with Crippen LogP contribution < -0.4 is 15.9 Å². The van der Waals surface area contributed by atoms with Crippen molar-refractivity contribution in [1.82, 2.24) is 0 Å². The molecule has 0 spiro atoms. The summed E-state index contributed by atoms with van der Waals surface area (Å²) in [4.78, 5) is 12.9. The molecule has 0 aliphatic heterocycles. The van der Waals surface area contributed by atoms with Crippen molar-refractivity contribution in [2.24, 2.45) is 5.73 Å². The molecule has 148 valence electrons. The Balaban J connectivity index is 2.14. The molecule has 9 nitrogen and oxygen atoms in total. The van der Waals surface area contributed by atoms with Crippen LogP contribution in [-0.4, -0.2) is 46.8 Å². The number of benzene rings is 2. The van der Waals surface area contributed by atoms with Crippen molar-refractivity contribution < 1.29 is 34.3 Å². The van der Waals surface area contributed by atoms with Gasteiger partial charge in [-0.3, -0.25) is 4.79 Å². The maximum absolute atomic E-state index is 12.9. The number of fused-ring (bicyclic) bond motifs is 1. The minimum atomic E-state index is -0.667. The molecule has 1 aromatic heterocycles. The number of rotatable bonds is 7. The number of nitrogens with two attached hydrogens (primary N) is 1. The molecule has 3 aromatic rings. The molecule has 3 rings (SSSR count). The van der Waals surface area contributed by atoms with Gasteiger partial charge in [-0.1, -0.05) is 0 Å². The molecule has 0 atom stereocenters. The van der Waals surface area contributed by atoms with Crippen LogP contribution in [0.25, 0.3) is 22.3 Å². The predicted octanol–water partition coefficient (Wildman–Crippen LogP) is 1.64. The van der Waals surface area contributed by atoms with Gasteiger partial charge in [0.15, 0.2) is 17.3 Å². The molecule has 0 bridgehead atoms. The van der Waals surface area contributed by atoms with Crippen molar-refractivity contribution in [1.29, 1.82) is 0 Å². The molecule has 6 N–H and O–H groups in total. The van der Waals surface area contributed by atoms with E-state index in [0.717, 1.165) is 6.07 Å². The minimum absolute atomic E-state index is 0.00613. The van der Waals surface area contributed by atoms with E-state index in [-0.39, 0.29) is 52.8 Å². The first kappa shape index (κ1) is 19.3. The van der Waals surface area contributed by atoms with Gasteiger partial charge in [0.1, 0.15) is 29.1 Å². The normalized spacial score (nSPS) is 11.0. The third kappa shape index (κ3) is 3.80. The van der Waals surface area contributed by atoms with E-state index in [2.05, 4.69) is 0 Å². The van der Waals surface area contributed by atoms with Crippen LogP contribution in [-0.2, 0) is 4.74 Å². The predicted molar refractivity (Wildman–Crippen MR) is 99.9 cm³/mol. The third-order valence-corrected chi connectivity index (χ3v) is 3.89. The Morgan fingerprint density at radius 3 is 2.43 bits per heavy atom. The maximum atomic E-state index is 12.9. The Morgan fingerprint density at radius 1 is 0.929 bits per heavy atom. The van der Waals surface area contributed by atoms with Crippen molar-refractivity contribution >= 4 is 11.0 Å². The number of hydrogen-bond donors (Lipinski definition) is 5. The van der Waals surface area contributed by atoms with Crippen LogP contribution in [0.5, 0.6) is 28.7 Å². The number of hydrogen-bond acceptors (Lipinski definition) is 9. The molecule has 9 heteroatoms. The maximum Gasteiger partial charge on any atom is 0.239 e. The fourth-order valence-corrected chi connectivity index (χ4v) is 2.64. The summed E-state index contributed by atoms with van der Waals surface area (Å²) in [6, 6.07) is 6.02. The smallest absolute Gasteiger partial charge is 0.239 e. The second kappa shape index (κ2) is 8.07. The monoisotopic (exact) mass is 389 g/mol. The lowest BCUT2D eigenvalue weighted by Crippen LogP contribution is -2.16. The van der Waals surface area contributed by atoms with Gasteiger partial charge in [0.05, 0.1) is 13.2 Å². The summed E-state index contributed by atoms with van der Waals surface area (Å²) in [7, 11) is 0. The fraction of sp³-hybridized carbons (Fsp3) is 0.211. The van der Waals surface area contributed by atoms with Crippen LogP contribution >= 0.6 is 0 Å². The van der Waals surface area contributed by atoms with E-state index in [1.165, 1.54) is 24.3 Å². The number of phenolic OH excluding ortho intramolecular Hbond substituents is 4. The van der Waals surface area contributed by atoms with Gasteiger partial charge in [-0.25, -0.2) is 0 Å². The highest BCUT2D eigenvalue weighted by atomic mass is 16.5. The van der Waals surface area contributed by atoms with Crippen LogP contribution in [0.15, 0.2) is 39.5 Å². The molecule has 0 aliphatic carbocycles. The first-order valence-corrected chi connectivity index (χ1v) is 8.38. The summed E-state index contributed by atoms with van der Waals surface area (Å²) in [5.41, 5.74) is 4.85. The largest absolute Gasteiger partial charge is 0.508 e. The van der Waals surface area contributed by atoms with Crippen LogP contribution in [0.2, 0.25) is 0 Å². The van der Waals surface area contributed by atoms with Crippen LogP contribution in [0, 0.1) is 0 Å². The molecular formula is C19H19NO8. The lowest BCUT2D eigenvalue weighted by Gasteiger charge is -2.13. The van der Waals surface area contributed by atoms with E-state index in [1.54, 1.807) is 0 Å². The Labute approximate surface area is 158 Å². The Bertz CT molecular complexity index is 1060. The van der Waals surface area contributed by atoms with Crippen molar-refractivity contribution in [3.05, 3.63) is 40.6 Å². The second-order valence-corrected chi connectivity index (χ2v) is 5.88. The van der Waals surface area contributed by atoms with Crippen molar-refractivity contribution in [3.8, 4) is 40.1 Å². The molecular weight excluding hydrogens is 370 g/mol. The summed E-state index contributed by atoms with van der Waals surface area (Å²) in [5.74, 6) is -1.78. The molecule has 0 unspecified atom stereocenters. The van der Waals surface area contributed by atoms with Gasteiger partial charge in [0.2, 0.25) is 11.2 Å². The summed E-state index contributed by atoms with van der Waals surface area (Å²) < 4.78 is 16.5. The highest BCUT2D eigenvalue weighted by Gasteiger charge is 2.21. The topological polar surface area (TPSA) is 156 Å². The molecule has 0 fully saturated rings. The zero-order valence-electron chi connectivity index (χ0n) is 14.7. The van der Waals surface area contributed by atoms with Gasteiger partial charge in [0.25, 0.3) is 0 Å². The molecule has 0 amide bonds. The standard InChI is InChI=1S/C19H19NO8/c20-3-4-26-5-6-27-19-17(25)16-14(24)8-11(21)9-15(16)28-18(19)10-1-2-12(22)13(23)7-10/h1-2,7-9,21-24H,3-6,20H2. The SMILES string of the molecule is NCCOCCOc1c(-c2ccc(O)c(O)c2)oc2cc(O)cc(O)c2c1=O. The van der Waals surface area contributed by atoms with Crippen molar-refractivity contribution in [3.63, 3.8) is 0 Å². The van der Waals surface area contributed by atoms with Gasteiger partial charge in [-0.05, 0) is 18.2 Å². The van der Waals surface area contributed by atoms with Gasteiger partial charge in [-0.2, -0.15) is 0 Å². The molecule has 0 saturated heterocycles. The zero-order chi connectivity index (χ0) is 20.3. The van der Waals surface area contributed by atoms with E-state index in [9.17, 15) is 25.2 Å². The van der Waals surface area contributed by atoms with Gasteiger partial charge < -0.3 is 40.1 Å². The summed E-state index contributed by atoms with van der Waals surface area (Å²) in [5, 5.41) is 38.9. The fourth-order valence-electron chi connectivity index (χ4n) is 2.64. The third-order valence-electron chi connectivity index (χ3n) is 3.89. The second-order valence-electron chi connectivity index (χ2n) is 5.88. The number of aromatic hydroxyl groups is 4. The zero-order valence-corrected chi connectivity index (χ0v) is 14.7. The van der Waals surface area contributed by atoms with E-state index >= 15 is 0 Å². The van der Waals surface area contributed by atoms with Gasteiger partial charge in [-0.15, -0.1) is 0 Å². The first-order chi connectivity index (χ1) is 13.4. The molecule has 0 saturated carbocycles. The minimum Gasteiger partial charge on any atom is -0.508 e. The highest BCUT2D eigenvalue weighted by Crippen LogP contribution is 2.38. The van der Waals surface area contributed by atoms with E-state index in [0.29, 0.717) is 13.2 Å². The van der Waals surface area contributed by atoms with Gasteiger partial charge in [0, 0.05) is 24.2 Å². The van der Waals surface area contributed by atoms with E-state index < -0.39 is 16.9 Å². The summed E-state index contributed by atoms with van der Waals surface area (Å²) in [6.07, 6.45) is 0. The Hall–Kier alpha value is -3.43. The molecule has 2 aromatic carbocycles. The van der Waals surface area contributed by atoms with Crippen LogP contribution in [0.3, 0.4) is 0 Å². The lowest BCUT2D eigenvalue weighted by molar-refractivity contribution is 0.105. The van der Waals surface area contributed by atoms with E-state index in [4.69, 9.17) is 19.6 Å². The quantitative estimate of drug-likeness (QED) is 0.299. The van der Waals surface area contributed by atoms with Crippen molar-refractivity contribution in [2.45, 2.75) is 0 Å². The van der Waals surface area contributed by atoms with Crippen molar-refractivity contribution in [2.75, 3.05) is 26.4 Å². The highest BCUT2D eigenvalue weighted by molar-refractivity contribution is 5.88. The average molecular weight is 389 g/mol. The summed E-state index contributed by atoms with van der Waals surface area (Å²) >= 11 is 0. The van der Waals surface area contributed by atoms with Crippen LogP contribution in [0.4, 0.5) is 0 Å². The van der Waals surface area contributed by atoms with Gasteiger partial charge >= 0.3 is 0 Å². The summed E-state index contributed by atoms with van der Waals surface area (Å²) in [6.45, 7) is 0.838. The molecule has 0 aliphatic rings. The average Bonchev–Trinajstić information content (AvgIpc) is 2.64.